The lowest BCUT2D eigenvalue weighted by Gasteiger charge is -2.17. The van der Waals surface area contributed by atoms with E-state index in [9.17, 15) is 14.7 Å². The number of phenolic OH excluding ortho intramolecular Hbond substituents is 1. The van der Waals surface area contributed by atoms with Crippen molar-refractivity contribution in [3.05, 3.63) is 89.5 Å². The zero-order valence-electron chi connectivity index (χ0n) is 17.8. The second-order valence-corrected chi connectivity index (χ2v) is 7.80. The average Bonchev–Trinajstić information content (AvgIpc) is 3.15. The van der Waals surface area contributed by atoms with E-state index in [-0.39, 0.29) is 24.8 Å². The fraction of sp³-hybridized carbons (Fsp3) is 0.231. The van der Waals surface area contributed by atoms with E-state index in [0.29, 0.717) is 6.42 Å². The predicted octanol–water partition coefficient (Wildman–Crippen LogP) is 4.26. The van der Waals surface area contributed by atoms with Crippen LogP contribution in [0.2, 0.25) is 0 Å². The number of nitrogens with one attached hydrogen (secondary N) is 1. The molecule has 2 N–H and O–H groups in total. The largest absolute Gasteiger partial charge is 0.508 e. The van der Waals surface area contributed by atoms with Gasteiger partial charge < -0.3 is 19.9 Å². The molecule has 1 atom stereocenters. The molecule has 4 rings (SSSR count). The molecule has 6 nitrogen and oxygen atoms in total. The van der Waals surface area contributed by atoms with Crippen LogP contribution in [0, 0.1) is 5.92 Å². The summed E-state index contributed by atoms with van der Waals surface area (Å²) in [5, 5.41) is 12.1. The number of carbonyl (C=O) groups is 2. The van der Waals surface area contributed by atoms with E-state index in [1.54, 1.807) is 24.3 Å². The second kappa shape index (κ2) is 9.56. The van der Waals surface area contributed by atoms with E-state index < -0.39 is 18.0 Å². The zero-order chi connectivity index (χ0) is 22.5. The van der Waals surface area contributed by atoms with Crippen molar-refractivity contribution in [2.24, 2.45) is 5.92 Å². The number of fused-ring (bicyclic) bond motifs is 3. The summed E-state index contributed by atoms with van der Waals surface area (Å²) in [6, 6.07) is 22.9. The van der Waals surface area contributed by atoms with Gasteiger partial charge in [-0.25, -0.2) is 4.79 Å². The minimum absolute atomic E-state index is 0.0263. The quantitative estimate of drug-likeness (QED) is 0.546. The third-order valence-corrected chi connectivity index (χ3v) is 5.79. The standard InChI is InChI=1S/C26H25NO5/c1-31-25(29)18(14-17-10-12-19(28)13-11-17)15-27-26(30)32-16-24-22-8-4-2-6-20(22)21-7-3-5-9-23(21)24/h2-13,18,24,28H,14-16H2,1H3,(H,27,30). The molecule has 0 heterocycles. The van der Waals surface area contributed by atoms with Crippen molar-refractivity contribution in [2.45, 2.75) is 12.3 Å². The van der Waals surface area contributed by atoms with Gasteiger partial charge in [0.1, 0.15) is 12.4 Å². The third-order valence-electron chi connectivity index (χ3n) is 5.79. The van der Waals surface area contributed by atoms with Crippen molar-refractivity contribution in [3.63, 3.8) is 0 Å². The summed E-state index contributed by atoms with van der Waals surface area (Å²) in [7, 11) is 1.32. The van der Waals surface area contributed by atoms with Gasteiger partial charge in [0.15, 0.2) is 0 Å². The molecule has 0 bridgehead atoms. The van der Waals surface area contributed by atoms with Crippen molar-refractivity contribution >= 4 is 12.1 Å². The van der Waals surface area contributed by atoms with E-state index in [0.717, 1.165) is 27.8 Å². The number of carbonyl (C=O) groups excluding carboxylic acids is 2. The molecule has 0 aromatic heterocycles. The van der Waals surface area contributed by atoms with Crippen LogP contribution in [-0.4, -0.2) is 37.4 Å². The Morgan fingerprint density at radius 3 is 2.12 bits per heavy atom. The van der Waals surface area contributed by atoms with Crippen LogP contribution in [0.1, 0.15) is 22.6 Å². The van der Waals surface area contributed by atoms with Crippen LogP contribution >= 0.6 is 0 Å². The molecule has 3 aromatic carbocycles. The van der Waals surface area contributed by atoms with Gasteiger partial charge in [-0.3, -0.25) is 4.79 Å². The number of aromatic hydroxyl groups is 1. The minimum atomic E-state index is -0.577. The second-order valence-electron chi connectivity index (χ2n) is 7.80. The Hall–Kier alpha value is -3.80. The number of ether oxygens (including phenoxy) is 2. The Bertz CT molecular complexity index is 1060. The van der Waals surface area contributed by atoms with Crippen LogP contribution < -0.4 is 5.32 Å². The monoisotopic (exact) mass is 431 g/mol. The van der Waals surface area contributed by atoms with Gasteiger partial charge in [0.25, 0.3) is 0 Å². The number of methoxy groups -OCH3 is 1. The topological polar surface area (TPSA) is 84.9 Å². The van der Waals surface area contributed by atoms with E-state index in [1.165, 1.54) is 7.11 Å². The van der Waals surface area contributed by atoms with Gasteiger partial charge in [-0.15, -0.1) is 0 Å². The lowest BCUT2D eigenvalue weighted by atomic mass is 9.98. The molecular formula is C26H25NO5. The van der Waals surface area contributed by atoms with E-state index in [4.69, 9.17) is 9.47 Å². The third kappa shape index (κ3) is 4.59. The number of hydrogen-bond acceptors (Lipinski definition) is 5. The van der Waals surface area contributed by atoms with Gasteiger partial charge in [0.2, 0.25) is 0 Å². The van der Waals surface area contributed by atoms with E-state index in [1.807, 2.05) is 24.3 Å². The summed E-state index contributed by atoms with van der Waals surface area (Å²) < 4.78 is 10.4. The number of benzene rings is 3. The fourth-order valence-corrected chi connectivity index (χ4v) is 4.18. The zero-order valence-corrected chi connectivity index (χ0v) is 17.8. The number of alkyl carbamates (subject to hydrolysis) is 1. The average molecular weight is 431 g/mol. The molecule has 32 heavy (non-hydrogen) atoms. The lowest BCUT2D eigenvalue weighted by Crippen LogP contribution is -2.35. The summed E-state index contributed by atoms with van der Waals surface area (Å²) in [6.45, 7) is 0.297. The highest BCUT2D eigenvalue weighted by atomic mass is 16.5. The highest BCUT2D eigenvalue weighted by Crippen LogP contribution is 2.44. The minimum Gasteiger partial charge on any atom is -0.508 e. The Morgan fingerprint density at radius 2 is 1.53 bits per heavy atom. The van der Waals surface area contributed by atoms with Crippen molar-refractivity contribution in [1.29, 1.82) is 0 Å². The molecule has 0 saturated carbocycles. The highest BCUT2D eigenvalue weighted by Gasteiger charge is 2.29. The summed E-state index contributed by atoms with van der Waals surface area (Å²) in [4.78, 5) is 24.6. The molecule has 6 heteroatoms. The van der Waals surface area contributed by atoms with E-state index >= 15 is 0 Å². The van der Waals surface area contributed by atoms with Crippen LogP contribution in [0.4, 0.5) is 4.79 Å². The van der Waals surface area contributed by atoms with Gasteiger partial charge in [-0.1, -0.05) is 60.7 Å². The van der Waals surface area contributed by atoms with Crippen molar-refractivity contribution in [1.82, 2.24) is 5.32 Å². The summed E-state index contributed by atoms with van der Waals surface area (Å²) in [6.07, 6.45) is -0.206. The first-order valence-electron chi connectivity index (χ1n) is 10.5. The summed E-state index contributed by atoms with van der Waals surface area (Å²) in [5.74, 6) is -0.858. The van der Waals surface area contributed by atoms with Crippen molar-refractivity contribution in [3.8, 4) is 16.9 Å². The van der Waals surface area contributed by atoms with Crippen LogP contribution in [0.5, 0.6) is 5.75 Å². The van der Waals surface area contributed by atoms with Crippen molar-refractivity contribution in [2.75, 3.05) is 20.3 Å². The SMILES string of the molecule is COC(=O)C(CNC(=O)OCC1c2ccccc2-c2ccccc21)Cc1ccc(O)cc1. The van der Waals surface area contributed by atoms with Crippen LogP contribution in [0.15, 0.2) is 72.8 Å². The van der Waals surface area contributed by atoms with Crippen LogP contribution in [-0.2, 0) is 20.7 Å². The maximum Gasteiger partial charge on any atom is 0.407 e. The Morgan fingerprint density at radius 1 is 0.938 bits per heavy atom. The number of amides is 1. The molecular weight excluding hydrogens is 406 g/mol. The van der Waals surface area contributed by atoms with Crippen LogP contribution in [0.3, 0.4) is 0 Å². The van der Waals surface area contributed by atoms with Gasteiger partial charge >= 0.3 is 12.1 Å². The van der Waals surface area contributed by atoms with Gasteiger partial charge in [0, 0.05) is 12.5 Å². The first kappa shape index (κ1) is 21.4. The summed E-state index contributed by atoms with van der Waals surface area (Å²) >= 11 is 0. The Labute approximate surface area is 186 Å². The molecule has 0 saturated heterocycles. The molecule has 0 spiro atoms. The molecule has 3 aromatic rings. The molecule has 0 radical (unpaired) electrons. The maximum absolute atomic E-state index is 12.4. The highest BCUT2D eigenvalue weighted by molar-refractivity contribution is 5.79. The molecule has 0 fully saturated rings. The molecule has 164 valence electrons. The first-order valence-corrected chi connectivity index (χ1v) is 10.5. The molecule has 0 aliphatic heterocycles. The smallest absolute Gasteiger partial charge is 0.407 e. The molecule has 1 unspecified atom stereocenters. The normalized spacial score (nSPS) is 13.0. The predicted molar refractivity (Wildman–Crippen MR) is 120 cm³/mol. The molecule has 1 amide bonds. The number of esters is 1. The molecule has 1 aliphatic carbocycles. The van der Waals surface area contributed by atoms with Gasteiger partial charge in [0.05, 0.1) is 13.0 Å². The number of rotatable bonds is 7. The number of hydrogen-bond donors (Lipinski definition) is 2. The first-order chi connectivity index (χ1) is 15.6. The maximum atomic E-state index is 12.4. The van der Waals surface area contributed by atoms with Gasteiger partial charge in [-0.05, 0) is 46.4 Å². The van der Waals surface area contributed by atoms with E-state index in [2.05, 4.69) is 29.6 Å². The fourth-order valence-electron chi connectivity index (χ4n) is 4.18. The lowest BCUT2D eigenvalue weighted by molar-refractivity contribution is -0.145. The Kier molecular flexibility index (Phi) is 6.40. The number of phenols is 1. The van der Waals surface area contributed by atoms with Gasteiger partial charge in [-0.2, -0.15) is 0 Å². The summed E-state index contributed by atoms with van der Waals surface area (Å²) in [5.41, 5.74) is 5.46. The van der Waals surface area contributed by atoms with Crippen LogP contribution in [0.25, 0.3) is 11.1 Å². The van der Waals surface area contributed by atoms with Crippen molar-refractivity contribution < 1.29 is 24.2 Å². The molecule has 1 aliphatic rings. The Balaban J connectivity index is 1.37.